The van der Waals surface area contributed by atoms with Crippen LogP contribution in [0.4, 0.5) is 4.39 Å². The molecule has 0 saturated heterocycles. The topological polar surface area (TPSA) is 17.1 Å². The number of hydrogen-bond donors (Lipinski definition) is 0. The highest BCUT2D eigenvalue weighted by atomic mass is 35.5. The van der Waals surface area contributed by atoms with Crippen molar-refractivity contribution in [2.45, 2.75) is 17.5 Å². The largest absolute Gasteiger partial charge is 0.299 e. The lowest BCUT2D eigenvalue weighted by Crippen LogP contribution is -2.16. The zero-order chi connectivity index (χ0) is 10.8. The molecule has 0 aliphatic carbocycles. The third-order valence-corrected chi connectivity index (χ3v) is 3.16. The Morgan fingerprint density at radius 2 is 2.21 bits per heavy atom. The second-order valence-corrected chi connectivity index (χ2v) is 4.30. The average molecular weight is 233 g/mol. The maximum absolute atomic E-state index is 13.5. The minimum Gasteiger partial charge on any atom is -0.299 e. The molecule has 1 aromatic rings. The first-order chi connectivity index (χ1) is 6.51. The van der Waals surface area contributed by atoms with Crippen molar-refractivity contribution in [3.8, 4) is 0 Å². The highest BCUT2D eigenvalue weighted by Crippen LogP contribution is 2.31. The highest BCUT2D eigenvalue weighted by molar-refractivity contribution is 7.98. The summed E-state index contributed by atoms with van der Waals surface area (Å²) in [6.07, 6.45) is 2.16. The number of thioether (sulfide) groups is 1. The molecule has 1 rings (SSSR count). The van der Waals surface area contributed by atoms with Gasteiger partial charge in [0.2, 0.25) is 0 Å². The molecule has 0 aliphatic heterocycles. The molecule has 0 aliphatic rings. The van der Waals surface area contributed by atoms with Gasteiger partial charge in [-0.2, -0.15) is 0 Å². The van der Waals surface area contributed by atoms with Crippen molar-refractivity contribution >= 4 is 29.6 Å². The standard InChI is InChI=1S/C10H10ClFOS/c1-10(12,6-13)7-3-4-9(14-2)8(11)5-7/h3-6H,1-2H3. The van der Waals surface area contributed by atoms with Crippen molar-refractivity contribution in [2.24, 2.45) is 0 Å². The Hall–Kier alpha value is -0.540. The zero-order valence-corrected chi connectivity index (χ0v) is 9.45. The maximum Gasteiger partial charge on any atom is 0.188 e. The summed E-state index contributed by atoms with van der Waals surface area (Å²) in [5.41, 5.74) is -1.67. The summed E-state index contributed by atoms with van der Waals surface area (Å²) in [6.45, 7) is 1.21. The second kappa shape index (κ2) is 4.32. The van der Waals surface area contributed by atoms with Crippen molar-refractivity contribution < 1.29 is 9.18 Å². The van der Waals surface area contributed by atoms with E-state index in [9.17, 15) is 9.18 Å². The van der Waals surface area contributed by atoms with Gasteiger partial charge in [-0.3, -0.25) is 4.79 Å². The summed E-state index contributed by atoms with van der Waals surface area (Å²) < 4.78 is 13.5. The second-order valence-electron chi connectivity index (χ2n) is 3.04. The van der Waals surface area contributed by atoms with Gasteiger partial charge in [-0.05, 0) is 30.9 Å². The fraction of sp³-hybridized carbons (Fsp3) is 0.300. The minimum atomic E-state index is -1.96. The van der Waals surface area contributed by atoms with Gasteiger partial charge in [0.15, 0.2) is 12.0 Å². The molecule has 0 radical (unpaired) electrons. The first kappa shape index (κ1) is 11.5. The molecule has 1 unspecified atom stereocenters. The zero-order valence-electron chi connectivity index (χ0n) is 7.88. The molecule has 0 saturated carbocycles. The van der Waals surface area contributed by atoms with E-state index in [1.54, 1.807) is 12.1 Å². The first-order valence-corrected chi connectivity index (χ1v) is 5.61. The van der Waals surface area contributed by atoms with Gasteiger partial charge in [-0.15, -0.1) is 11.8 Å². The van der Waals surface area contributed by atoms with Crippen LogP contribution in [0, 0.1) is 0 Å². The molecule has 0 amide bonds. The van der Waals surface area contributed by atoms with E-state index < -0.39 is 5.67 Å². The normalized spacial score (nSPS) is 14.9. The van der Waals surface area contributed by atoms with Gasteiger partial charge >= 0.3 is 0 Å². The fourth-order valence-corrected chi connectivity index (χ4v) is 1.91. The molecule has 0 heterocycles. The SMILES string of the molecule is CSc1ccc(C(C)(F)C=O)cc1Cl. The average Bonchev–Trinajstić information content (AvgIpc) is 2.17. The molecule has 14 heavy (non-hydrogen) atoms. The van der Waals surface area contributed by atoms with Crippen molar-refractivity contribution in [3.05, 3.63) is 28.8 Å². The molecular weight excluding hydrogens is 223 g/mol. The van der Waals surface area contributed by atoms with E-state index in [4.69, 9.17) is 11.6 Å². The minimum absolute atomic E-state index is 0.275. The third kappa shape index (κ3) is 2.28. The van der Waals surface area contributed by atoms with Gasteiger partial charge < -0.3 is 0 Å². The predicted molar refractivity (Wildman–Crippen MR) is 57.8 cm³/mol. The molecule has 0 fully saturated rings. The number of carbonyl (C=O) groups excluding carboxylic acids is 1. The van der Waals surface area contributed by atoms with Crippen LogP contribution in [0.5, 0.6) is 0 Å². The lowest BCUT2D eigenvalue weighted by atomic mass is 10.00. The molecule has 76 valence electrons. The molecule has 0 aromatic heterocycles. The van der Waals surface area contributed by atoms with Crippen LogP contribution in [-0.2, 0) is 10.5 Å². The third-order valence-electron chi connectivity index (χ3n) is 1.94. The van der Waals surface area contributed by atoms with Crippen LogP contribution in [0.3, 0.4) is 0 Å². The van der Waals surface area contributed by atoms with Crippen molar-refractivity contribution in [2.75, 3.05) is 6.26 Å². The van der Waals surface area contributed by atoms with Crippen molar-refractivity contribution in [1.29, 1.82) is 0 Å². The van der Waals surface area contributed by atoms with E-state index in [-0.39, 0.29) is 11.8 Å². The summed E-state index contributed by atoms with van der Waals surface area (Å²) in [7, 11) is 0. The summed E-state index contributed by atoms with van der Waals surface area (Å²) in [5, 5.41) is 0.473. The Balaban J connectivity index is 3.15. The van der Waals surface area contributed by atoms with E-state index >= 15 is 0 Å². The van der Waals surface area contributed by atoms with Crippen LogP contribution in [0.25, 0.3) is 0 Å². The molecule has 0 N–H and O–H groups in total. The number of aldehydes is 1. The Morgan fingerprint density at radius 3 is 2.64 bits per heavy atom. The molecule has 0 spiro atoms. The number of benzene rings is 1. The number of halogens is 2. The lowest BCUT2D eigenvalue weighted by Gasteiger charge is -2.14. The number of hydrogen-bond acceptors (Lipinski definition) is 2. The highest BCUT2D eigenvalue weighted by Gasteiger charge is 2.25. The molecule has 1 nitrogen and oxygen atoms in total. The van der Waals surface area contributed by atoms with E-state index in [0.717, 1.165) is 4.90 Å². The monoisotopic (exact) mass is 232 g/mol. The number of carbonyl (C=O) groups is 1. The maximum atomic E-state index is 13.5. The molecular formula is C10H10ClFOS. The van der Waals surface area contributed by atoms with E-state index in [1.807, 2.05) is 6.26 Å². The first-order valence-electron chi connectivity index (χ1n) is 4.00. The van der Waals surface area contributed by atoms with Crippen LogP contribution < -0.4 is 0 Å². The van der Waals surface area contributed by atoms with Gasteiger partial charge in [0.1, 0.15) is 0 Å². The predicted octanol–water partition coefficient (Wildman–Crippen LogP) is 3.45. The number of rotatable bonds is 3. The summed E-state index contributed by atoms with van der Waals surface area (Å²) >= 11 is 7.37. The quantitative estimate of drug-likeness (QED) is 0.587. The van der Waals surface area contributed by atoms with Crippen LogP contribution in [0.2, 0.25) is 5.02 Å². The lowest BCUT2D eigenvalue weighted by molar-refractivity contribution is -0.117. The van der Waals surface area contributed by atoms with E-state index in [1.165, 1.54) is 24.8 Å². The fourth-order valence-electron chi connectivity index (χ4n) is 1.04. The smallest absolute Gasteiger partial charge is 0.188 e. The summed E-state index contributed by atoms with van der Waals surface area (Å²) in [6, 6.07) is 4.78. The van der Waals surface area contributed by atoms with Crippen LogP contribution in [-0.4, -0.2) is 12.5 Å². The van der Waals surface area contributed by atoms with Gasteiger partial charge in [-0.25, -0.2) is 4.39 Å². The van der Waals surface area contributed by atoms with Gasteiger partial charge in [0.25, 0.3) is 0 Å². The van der Waals surface area contributed by atoms with Crippen LogP contribution in [0.1, 0.15) is 12.5 Å². The summed E-state index contributed by atoms with van der Waals surface area (Å²) in [4.78, 5) is 11.3. The van der Waals surface area contributed by atoms with E-state index in [0.29, 0.717) is 5.02 Å². The van der Waals surface area contributed by atoms with Crippen molar-refractivity contribution in [1.82, 2.24) is 0 Å². The Labute approximate surface area is 91.6 Å². The van der Waals surface area contributed by atoms with Gasteiger partial charge in [0.05, 0.1) is 5.02 Å². The molecule has 1 atom stereocenters. The van der Waals surface area contributed by atoms with Crippen molar-refractivity contribution in [3.63, 3.8) is 0 Å². The molecule has 4 heteroatoms. The summed E-state index contributed by atoms with van der Waals surface area (Å²) in [5.74, 6) is 0. The van der Waals surface area contributed by atoms with Crippen LogP contribution >= 0.6 is 23.4 Å². The Bertz CT molecular complexity index is 352. The Kier molecular flexibility index (Phi) is 3.56. The Morgan fingerprint density at radius 1 is 1.57 bits per heavy atom. The van der Waals surface area contributed by atoms with Gasteiger partial charge in [0, 0.05) is 4.90 Å². The number of alkyl halides is 1. The van der Waals surface area contributed by atoms with Crippen LogP contribution in [0.15, 0.2) is 23.1 Å². The van der Waals surface area contributed by atoms with E-state index in [2.05, 4.69) is 0 Å². The molecule has 0 bridgehead atoms. The van der Waals surface area contributed by atoms with Gasteiger partial charge in [-0.1, -0.05) is 17.7 Å². The molecule has 1 aromatic carbocycles.